The van der Waals surface area contributed by atoms with Gasteiger partial charge in [-0.05, 0) is 48.3 Å². The van der Waals surface area contributed by atoms with Gasteiger partial charge in [0.25, 0.3) is 0 Å². The van der Waals surface area contributed by atoms with E-state index in [1.54, 1.807) is 0 Å². The van der Waals surface area contributed by atoms with Gasteiger partial charge in [-0.3, -0.25) is 9.59 Å². The van der Waals surface area contributed by atoms with Crippen molar-refractivity contribution in [1.29, 1.82) is 0 Å². The number of hydrogen-bond acceptors (Lipinski definition) is 3. The fourth-order valence-electron chi connectivity index (χ4n) is 5.92. The van der Waals surface area contributed by atoms with Crippen molar-refractivity contribution in [3.8, 4) is 0 Å². The van der Waals surface area contributed by atoms with Gasteiger partial charge in [0.1, 0.15) is 0 Å². The maximum atomic E-state index is 11.8. The van der Waals surface area contributed by atoms with Crippen molar-refractivity contribution in [3.63, 3.8) is 0 Å². The molecule has 4 aliphatic carbocycles. The SMILES string of the molecule is O=C1OC(=O)C2C3CC(C12)C1C2C=CC(C2)C31. The molecule has 4 fully saturated rings. The molecular weight excluding hydrogens is 216 g/mol. The van der Waals surface area contributed by atoms with E-state index >= 15 is 0 Å². The van der Waals surface area contributed by atoms with Crippen LogP contribution in [0.4, 0.5) is 0 Å². The minimum absolute atomic E-state index is 0.0819. The molecule has 0 N–H and O–H groups in total. The van der Waals surface area contributed by atoms with Crippen LogP contribution >= 0.6 is 0 Å². The molecule has 0 amide bonds. The van der Waals surface area contributed by atoms with Crippen LogP contribution in [0.15, 0.2) is 12.2 Å². The molecule has 1 aliphatic heterocycles. The average Bonchev–Trinajstić information content (AvgIpc) is 3.03. The quantitative estimate of drug-likeness (QED) is 0.273. The van der Waals surface area contributed by atoms with Crippen LogP contribution in [0.1, 0.15) is 12.8 Å². The lowest BCUT2D eigenvalue weighted by Crippen LogP contribution is -2.38. The molecule has 5 rings (SSSR count). The van der Waals surface area contributed by atoms with Crippen LogP contribution in [0.3, 0.4) is 0 Å². The molecule has 3 heteroatoms. The topological polar surface area (TPSA) is 43.4 Å². The number of rotatable bonds is 0. The van der Waals surface area contributed by atoms with E-state index in [9.17, 15) is 9.59 Å². The number of esters is 2. The van der Waals surface area contributed by atoms with E-state index in [1.165, 1.54) is 6.42 Å². The highest BCUT2D eigenvalue weighted by Crippen LogP contribution is 2.69. The third kappa shape index (κ3) is 0.791. The van der Waals surface area contributed by atoms with Crippen LogP contribution in [0.5, 0.6) is 0 Å². The molecule has 8 atom stereocenters. The molecule has 1 saturated heterocycles. The van der Waals surface area contributed by atoms with Crippen molar-refractivity contribution in [2.75, 3.05) is 0 Å². The second kappa shape index (κ2) is 2.50. The Morgan fingerprint density at radius 2 is 1.41 bits per heavy atom. The van der Waals surface area contributed by atoms with Gasteiger partial charge in [0.15, 0.2) is 0 Å². The third-order valence-corrected chi connectivity index (χ3v) is 6.17. The van der Waals surface area contributed by atoms with Crippen LogP contribution in [-0.4, -0.2) is 11.9 Å². The molecule has 0 aromatic rings. The molecule has 0 aromatic carbocycles. The lowest BCUT2D eigenvalue weighted by atomic mass is 9.65. The highest BCUT2D eigenvalue weighted by atomic mass is 16.6. The zero-order valence-corrected chi connectivity index (χ0v) is 9.41. The maximum Gasteiger partial charge on any atom is 0.317 e. The smallest absolute Gasteiger partial charge is 0.317 e. The summed E-state index contributed by atoms with van der Waals surface area (Å²) in [4.78, 5) is 23.6. The van der Waals surface area contributed by atoms with Gasteiger partial charge in [-0.15, -0.1) is 0 Å². The van der Waals surface area contributed by atoms with Crippen LogP contribution in [0, 0.1) is 47.3 Å². The molecule has 17 heavy (non-hydrogen) atoms. The summed E-state index contributed by atoms with van der Waals surface area (Å²) in [5.41, 5.74) is 0. The Balaban J connectivity index is 1.64. The van der Waals surface area contributed by atoms with Gasteiger partial charge in [-0.1, -0.05) is 12.2 Å². The monoisotopic (exact) mass is 230 g/mol. The maximum absolute atomic E-state index is 11.8. The van der Waals surface area contributed by atoms with Gasteiger partial charge in [-0.2, -0.15) is 0 Å². The van der Waals surface area contributed by atoms with Crippen molar-refractivity contribution in [3.05, 3.63) is 12.2 Å². The van der Waals surface area contributed by atoms with Crippen molar-refractivity contribution in [1.82, 2.24) is 0 Å². The van der Waals surface area contributed by atoms with E-state index in [2.05, 4.69) is 12.2 Å². The molecule has 3 saturated carbocycles. The van der Waals surface area contributed by atoms with Gasteiger partial charge in [0, 0.05) is 0 Å². The number of ether oxygens (including phenoxy) is 1. The van der Waals surface area contributed by atoms with Crippen molar-refractivity contribution < 1.29 is 14.3 Å². The summed E-state index contributed by atoms with van der Waals surface area (Å²) in [6.07, 6.45) is 7.07. The molecule has 4 bridgehead atoms. The second-order valence-electron chi connectivity index (χ2n) is 6.46. The van der Waals surface area contributed by atoms with Crippen LogP contribution in [0.25, 0.3) is 0 Å². The number of hydrogen-bond donors (Lipinski definition) is 0. The fraction of sp³-hybridized carbons (Fsp3) is 0.714. The first-order valence-corrected chi connectivity index (χ1v) is 6.69. The molecule has 5 aliphatic rings. The molecule has 88 valence electrons. The molecule has 0 aromatic heterocycles. The Kier molecular flexibility index (Phi) is 1.31. The first-order valence-electron chi connectivity index (χ1n) is 6.69. The number of carbonyl (C=O) groups is 2. The Morgan fingerprint density at radius 1 is 0.882 bits per heavy atom. The number of cyclic esters (lactones) is 2. The minimum atomic E-state index is -0.224. The Labute approximate surface area is 99.2 Å². The van der Waals surface area contributed by atoms with Crippen LogP contribution in [0.2, 0.25) is 0 Å². The highest BCUT2D eigenvalue weighted by Gasteiger charge is 2.70. The van der Waals surface area contributed by atoms with E-state index < -0.39 is 0 Å². The summed E-state index contributed by atoms with van der Waals surface area (Å²) in [6, 6.07) is 0. The van der Waals surface area contributed by atoms with Crippen LogP contribution in [-0.2, 0) is 14.3 Å². The molecule has 8 unspecified atom stereocenters. The molecule has 0 radical (unpaired) electrons. The molecule has 3 nitrogen and oxygen atoms in total. The predicted octanol–water partition coefficient (Wildman–Crippen LogP) is 1.39. The van der Waals surface area contributed by atoms with Gasteiger partial charge in [0.2, 0.25) is 0 Å². The third-order valence-electron chi connectivity index (χ3n) is 6.17. The first kappa shape index (κ1) is 8.90. The summed E-state index contributed by atoms with van der Waals surface area (Å²) in [7, 11) is 0. The molecular formula is C14H14O3. The van der Waals surface area contributed by atoms with E-state index in [-0.39, 0.29) is 23.8 Å². The summed E-state index contributed by atoms with van der Waals surface area (Å²) < 4.78 is 4.87. The Hall–Kier alpha value is -1.12. The molecule has 0 spiro atoms. The fourth-order valence-corrected chi connectivity index (χ4v) is 5.92. The largest absolute Gasteiger partial charge is 0.393 e. The predicted molar refractivity (Wildman–Crippen MR) is 57.4 cm³/mol. The Morgan fingerprint density at radius 3 is 1.94 bits per heavy atom. The highest BCUT2D eigenvalue weighted by molar-refractivity contribution is 5.97. The standard InChI is InChI=1S/C14H14O3/c15-13-11-7-4-8(12(11)14(16)17-13)10-6-2-1-5(3-6)9(7)10/h1-2,5-12H,3-4H2. The summed E-state index contributed by atoms with van der Waals surface area (Å²) >= 11 is 0. The lowest BCUT2D eigenvalue weighted by molar-refractivity contribution is -0.154. The van der Waals surface area contributed by atoms with Gasteiger partial charge in [-0.25, -0.2) is 0 Å². The second-order valence-corrected chi connectivity index (χ2v) is 6.46. The first-order chi connectivity index (χ1) is 8.25. The average molecular weight is 230 g/mol. The summed E-state index contributed by atoms with van der Waals surface area (Å²) in [5.74, 6) is 2.99. The number of allylic oxidation sites excluding steroid dienone is 2. The van der Waals surface area contributed by atoms with E-state index in [0.29, 0.717) is 35.5 Å². The zero-order valence-electron chi connectivity index (χ0n) is 9.41. The summed E-state index contributed by atoms with van der Waals surface area (Å²) in [6.45, 7) is 0. The van der Waals surface area contributed by atoms with Crippen molar-refractivity contribution >= 4 is 11.9 Å². The van der Waals surface area contributed by atoms with Crippen molar-refractivity contribution in [2.45, 2.75) is 12.8 Å². The number of carbonyl (C=O) groups excluding carboxylic acids is 2. The molecule has 1 heterocycles. The minimum Gasteiger partial charge on any atom is -0.393 e. The van der Waals surface area contributed by atoms with Crippen LogP contribution < -0.4 is 0 Å². The normalized spacial score (nSPS) is 60.9. The van der Waals surface area contributed by atoms with Gasteiger partial charge in [0.05, 0.1) is 11.8 Å². The van der Waals surface area contributed by atoms with Crippen molar-refractivity contribution in [2.24, 2.45) is 47.3 Å². The van der Waals surface area contributed by atoms with E-state index in [0.717, 1.165) is 6.42 Å². The Bertz CT molecular complexity index is 440. The van der Waals surface area contributed by atoms with E-state index in [4.69, 9.17) is 4.74 Å². The zero-order chi connectivity index (χ0) is 11.3. The van der Waals surface area contributed by atoms with Gasteiger partial charge >= 0.3 is 11.9 Å². The van der Waals surface area contributed by atoms with Gasteiger partial charge < -0.3 is 4.74 Å². The summed E-state index contributed by atoms with van der Waals surface area (Å²) in [5, 5.41) is 0. The number of fused-ring (bicyclic) bond motifs is 12. The lowest BCUT2D eigenvalue weighted by Gasteiger charge is -2.35. The van der Waals surface area contributed by atoms with E-state index in [1.807, 2.05) is 0 Å².